The number of benzene rings is 1. The van der Waals surface area contributed by atoms with E-state index in [-0.39, 0.29) is 5.91 Å². The molecular weight excluding hydrogens is 266 g/mol. The van der Waals surface area contributed by atoms with Crippen LogP contribution < -0.4 is 0 Å². The summed E-state index contributed by atoms with van der Waals surface area (Å²) >= 11 is 5.77. The first-order valence-corrected chi connectivity index (χ1v) is 6.39. The second-order valence-corrected chi connectivity index (χ2v) is 4.93. The van der Waals surface area contributed by atoms with Crippen molar-refractivity contribution in [1.82, 2.24) is 4.90 Å². The van der Waals surface area contributed by atoms with Gasteiger partial charge >= 0.3 is 5.97 Å². The Labute approximate surface area is 116 Å². The zero-order valence-electron chi connectivity index (χ0n) is 10.3. The van der Waals surface area contributed by atoms with Crippen molar-refractivity contribution in [2.24, 2.45) is 5.92 Å². The quantitative estimate of drug-likeness (QED) is 0.864. The van der Waals surface area contributed by atoms with Crippen molar-refractivity contribution in [3.05, 3.63) is 40.9 Å². The zero-order valence-corrected chi connectivity index (χ0v) is 11.0. The fourth-order valence-corrected chi connectivity index (χ4v) is 2.13. The molecule has 1 amide bonds. The molecule has 1 aromatic carbocycles. The molecular formula is C14H14ClNO3. The summed E-state index contributed by atoms with van der Waals surface area (Å²) in [6.45, 7) is 0.792. The number of carbonyl (C=O) groups excluding carboxylic acids is 1. The Hall–Kier alpha value is -1.81. The molecule has 0 saturated carbocycles. The average molecular weight is 280 g/mol. The van der Waals surface area contributed by atoms with E-state index in [1.54, 1.807) is 23.1 Å². The highest BCUT2D eigenvalue weighted by molar-refractivity contribution is 6.30. The van der Waals surface area contributed by atoms with Crippen molar-refractivity contribution in [3.8, 4) is 0 Å². The molecule has 1 unspecified atom stereocenters. The van der Waals surface area contributed by atoms with E-state index < -0.39 is 11.9 Å². The third-order valence-electron chi connectivity index (χ3n) is 3.14. The fraction of sp³-hybridized carbons (Fsp3) is 0.286. The number of rotatable bonds is 3. The summed E-state index contributed by atoms with van der Waals surface area (Å²) in [4.78, 5) is 24.2. The highest BCUT2D eigenvalue weighted by Crippen LogP contribution is 2.17. The van der Waals surface area contributed by atoms with E-state index in [1.165, 1.54) is 6.08 Å². The van der Waals surface area contributed by atoms with Gasteiger partial charge in [0.05, 0.1) is 5.92 Å². The maximum atomic E-state index is 11.9. The summed E-state index contributed by atoms with van der Waals surface area (Å²) in [7, 11) is 0. The van der Waals surface area contributed by atoms with E-state index in [4.69, 9.17) is 16.7 Å². The summed E-state index contributed by atoms with van der Waals surface area (Å²) in [6.07, 6.45) is 3.69. The lowest BCUT2D eigenvalue weighted by atomic mass is 10.1. The van der Waals surface area contributed by atoms with Gasteiger partial charge in [0.25, 0.3) is 0 Å². The van der Waals surface area contributed by atoms with Crippen molar-refractivity contribution < 1.29 is 14.7 Å². The molecule has 0 aromatic heterocycles. The Morgan fingerprint density at radius 3 is 2.58 bits per heavy atom. The molecule has 4 nitrogen and oxygen atoms in total. The predicted molar refractivity (Wildman–Crippen MR) is 72.8 cm³/mol. The SMILES string of the molecule is O=C(O)C1CCN(C(=O)C=Cc2ccc(Cl)cc2)C1. The van der Waals surface area contributed by atoms with Gasteiger partial charge in [0, 0.05) is 24.2 Å². The van der Waals surface area contributed by atoms with Gasteiger partial charge in [-0.15, -0.1) is 0 Å². The minimum absolute atomic E-state index is 0.154. The second kappa shape index (κ2) is 5.89. The van der Waals surface area contributed by atoms with Crippen LogP contribution in [0.2, 0.25) is 5.02 Å². The average Bonchev–Trinajstić information content (AvgIpc) is 2.87. The first kappa shape index (κ1) is 13.6. The predicted octanol–water partition coefficient (Wildman–Crippen LogP) is 2.29. The molecule has 1 aromatic rings. The minimum Gasteiger partial charge on any atom is -0.481 e. The number of carbonyl (C=O) groups is 2. The largest absolute Gasteiger partial charge is 0.481 e. The lowest BCUT2D eigenvalue weighted by molar-refractivity contribution is -0.141. The molecule has 1 saturated heterocycles. The van der Waals surface area contributed by atoms with Crippen molar-refractivity contribution in [3.63, 3.8) is 0 Å². The molecule has 1 atom stereocenters. The highest BCUT2D eigenvalue weighted by atomic mass is 35.5. The van der Waals surface area contributed by atoms with Crippen LogP contribution in [0, 0.1) is 5.92 Å². The maximum Gasteiger partial charge on any atom is 0.308 e. The fourth-order valence-electron chi connectivity index (χ4n) is 2.01. The molecule has 0 spiro atoms. The standard InChI is InChI=1S/C14H14ClNO3/c15-12-4-1-10(2-5-12)3-6-13(17)16-8-7-11(9-16)14(18)19/h1-6,11H,7-9H2,(H,18,19). The van der Waals surface area contributed by atoms with Crippen molar-refractivity contribution in [1.29, 1.82) is 0 Å². The molecule has 0 radical (unpaired) electrons. The van der Waals surface area contributed by atoms with Gasteiger partial charge in [-0.05, 0) is 30.2 Å². The second-order valence-electron chi connectivity index (χ2n) is 4.49. The molecule has 100 valence electrons. The molecule has 1 fully saturated rings. The van der Waals surface area contributed by atoms with E-state index in [1.807, 2.05) is 12.1 Å². The molecule has 5 heteroatoms. The van der Waals surface area contributed by atoms with Gasteiger partial charge < -0.3 is 10.0 Å². The summed E-state index contributed by atoms with van der Waals surface area (Å²) in [5.41, 5.74) is 0.881. The Bertz CT molecular complexity index is 510. The van der Waals surface area contributed by atoms with Gasteiger partial charge in [-0.3, -0.25) is 9.59 Å². The molecule has 1 N–H and O–H groups in total. The maximum absolute atomic E-state index is 11.9. The molecule has 1 aliphatic rings. The van der Waals surface area contributed by atoms with E-state index >= 15 is 0 Å². The van der Waals surface area contributed by atoms with Crippen LogP contribution >= 0.6 is 11.6 Å². The summed E-state index contributed by atoms with van der Waals surface area (Å²) < 4.78 is 0. The number of hydrogen-bond acceptors (Lipinski definition) is 2. The number of hydrogen-bond donors (Lipinski definition) is 1. The lowest BCUT2D eigenvalue weighted by Gasteiger charge is -2.12. The molecule has 1 aliphatic heterocycles. The Morgan fingerprint density at radius 2 is 2.00 bits per heavy atom. The monoisotopic (exact) mass is 279 g/mol. The lowest BCUT2D eigenvalue weighted by Crippen LogP contribution is -2.28. The first-order chi connectivity index (χ1) is 9.06. The van der Waals surface area contributed by atoms with Gasteiger partial charge in [-0.25, -0.2) is 0 Å². The summed E-state index contributed by atoms with van der Waals surface area (Å²) in [6, 6.07) is 7.14. The third kappa shape index (κ3) is 3.58. The van der Waals surface area contributed by atoms with E-state index in [0.717, 1.165) is 5.56 Å². The summed E-state index contributed by atoms with van der Waals surface area (Å²) in [5.74, 6) is -1.43. The third-order valence-corrected chi connectivity index (χ3v) is 3.39. The smallest absolute Gasteiger partial charge is 0.308 e. The van der Waals surface area contributed by atoms with Crippen molar-refractivity contribution in [2.45, 2.75) is 6.42 Å². The van der Waals surface area contributed by atoms with Crippen LogP contribution in [0.1, 0.15) is 12.0 Å². The number of halogens is 1. The topological polar surface area (TPSA) is 57.6 Å². The van der Waals surface area contributed by atoms with E-state index in [0.29, 0.717) is 24.5 Å². The highest BCUT2D eigenvalue weighted by Gasteiger charge is 2.29. The minimum atomic E-state index is -0.836. The molecule has 0 aliphatic carbocycles. The van der Waals surface area contributed by atoms with Gasteiger partial charge in [0.15, 0.2) is 0 Å². The molecule has 0 bridgehead atoms. The zero-order chi connectivity index (χ0) is 13.8. The Balaban J connectivity index is 1.94. The van der Waals surface area contributed by atoms with Gasteiger partial charge in [0.2, 0.25) is 5.91 Å². The number of amides is 1. The van der Waals surface area contributed by atoms with Gasteiger partial charge in [-0.2, -0.15) is 0 Å². The molecule has 19 heavy (non-hydrogen) atoms. The van der Waals surface area contributed by atoms with Crippen LogP contribution in [-0.4, -0.2) is 35.0 Å². The van der Waals surface area contributed by atoms with E-state index in [2.05, 4.69) is 0 Å². The number of likely N-dealkylation sites (tertiary alicyclic amines) is 1. The van der Waals surface area contributed by atoms with Crippen LogP contribution in [0.3, 0.4) is 0 Å². The van der Waals surface area contributed by atoms with Crippen LogP contribution in [0.25, 0.3) is 6.08 Å². The Kier molecular flexibility index (Phi) is 4.22. The van der Waals surface area contributed by atoms with Crippen molar-refractivity contribution in [2.75, 3.05) is 13.1 Å². The number of carboxylic acid groups (broad SMARTS) is 1. The number of aliphatic carboxylic acids is 1. The van der Waals surface area contributed by atoms with Gasteiger partial charge in [0.1, 0.15) is 0 Å². The summed E-state index contributed by atoms with van der Waals surface area (Å²) in [5, 5.41) is 9.52. The van der Waals surface area contributed by atoms with Crippen LogP contribution in [-0.2, 0) is 9.59 Å². The molecule has 1 heterocycles. The Morgan fingerprint density at radius 1 is 1.32 bits per heavy atom. The molecule has 2 rings (SSSR count). The number of nitrogens with zero attached hydrogens (tertiary/aromatic N) is 1. The van der Waals surface area contributed by atoms with Crippen molar-refractivity contribution >= 4 is 29.6 Å². The first-order valence-electron chi connectivity index (χ1n) is 6.01. The number of carboxylic acids is 1. The van der Waals surface area contributed by atoms with E-state index in [9.17, 15) is 9.59 Å². The van der Waals surface area contributed by atoms with Crippen LogP contribution in [0.5, 0.6) is 0 Å². The normalized spacial score (nSPS) is 19.0. The van der Waals surface area contributed by atoms with Crippen LogP contribution in [0.15, 0.2) is 30.3 Å². The van der Waals surface area contributed by atoms with Crippen LogP contribution in [0.4, 0.5) is 0 Å². The van der Waals surface area contributed by atoms with Gasteiger partial charge in [-0.1, -0.05) is 23.7 Å².